The molecule has 0 unspecified atom stereocenters. The van der Waals surface area contributed by atoms with Crippen molar-refractivity contribution in [1.29, 1.82) is 5.41 Å². The van der Waals surface area contributed by atoms with Crippen molar-refractivity contribution in [3.8, 4) is 11.5 Å². The molecule has 0 saturated carbocycles. The maximum Gasteiger partial charge on any atom is 0.254 e. The first-order valence-electron chi connectivity index (χ1n) is 10.0. The summed E-state index contributed by atoms with van der Waals surface area (Å²) in [6.45, 7) is 2.65. The van der Waals surface area contributed by atoms with Crippen LogP contribution < -0.4 is 10.1 Å². The molecule has 7 heteroatoms. The van der Waals surface area contributed by atoms with E-state index in [0.29, 0.717) is 46.4 Å². The van der Waals surface area contributed by atoms with Gasteiger partial charge < -0.3 is 20.1 Å². The predicted octanol–water partition coefficient (Wildman–Crippen LogP) is 3.33. The van der Waals surface area contributed by atoms with Crippen molar-refractivity contribution in [2.24, 2.45) is 0 Å². The number of amides is 1. The first-order chi connectivity index (χ1) is 14.9. The van der Waals surface area contributed by atoms with E-state index in [1.165, 1.54) is 6.07 Å². The Morgan fingerprint density at radius 2 is 1.87 bits per heavy atom. The van der Waals surface area contributed by atoms with Crippen LogP contribution in [0.25, 0.3) is 10.8 Å². The summed E-state index contributed by atoms with van der Waals surface area (Å²) < 4.78 is 5.63. The summed E-state index contributed by atoms with van der Waals surface area (Å²) in [6.07, 6.45) is 0. The number of aromatic hydroxyl groups is 1. The lowest BCUT2D eigenvalue weighted by Crippen LogP contribution is -2.30. The van der Waals surface area contributed by atoms with E-state index >= 15 is 0 Å². The summed E-state index contributed by atoms with van der Waals surface area (Å²) >= 11 is 0. The number of ether oxygens (including phenoxy) is 1. The lowest BCUT2D eigenvalue weighted by atomic mass is 10.0. The third kappa shape index (κ3) is 3.59. The number of Topliss-reactive ketones (excluding diaryl/α,β-unsaturated/α-hetero) is 1. The van der Waals surface area contributed by atoms with Gasteiger partial charge in [-0.2, -0.15) is 0 Å². The van der Waals surface area contributed by atoms with Crippen molar-refractivity contribution >= 4 is 28.3 Å². The van der Waals surface area contributed by atoms with E-state index in [0.717, 1.165) is 5.56 Å². The van der Waals surface area contributed by atoms with Crippen LogP contribution >= 0.6 is 0 Å². The van der Waals surface area contributed by atoms with Crippen LogP contribution in [0, 0.1) is 5.41 Å². The molecule has 158 valence electrons. The number of ketones is 1. The van der Waals surface area contributed by atoms with Crippen LogP contribution in [0.3, 0.4) is 0 Å². The van der Waals surface area contributed by atoms with Crippen LogP contribution in [0.15, 0.2) is 48.5 Å². The third-order valence-electron chi connectivity index (χ3n) is 5.45. The molecule has 0 aromatic heterocycles. The standard InChI is InChI=1S/C24H23N3O4/c1-3-31-22-10-14-12-27(23(25)18(14)11-19(22)24(30)26-2)13-21(29)17-8-9-20(28)16-7-5-4-6-15(16)17/h4-11,25,28H,3,12-13H2,1-2H3,(H,26,30). The van der Waals surface area contributed by atoms with Gasteiger partial charge in [-0.05, 0) is 42.1 Å². The Morgan fingerprint density at radius 1 is 1.13 bits per heavy atom. The minimum atomic E-state index is -0.288. The molecule has 0 bridgehead atoms. The summed E-state index contributed by atoms with van der Waals surface area (Å²) in [5, 5.41) is 22.5. The van der Waals surface area contributed by atoms with Gasteiger partial charge in [-0.1, -0.05) is 24.3 Å². The Bertz CT molecular complexity index is 1220. The second-order valence-corrected chi connectivity index (χ2v) is 7.32. The molecule has 1 amide bonds. The van der Waals surface area contributed by atoms with Gasteiger partial charge in [0.15, 0.2) is 5.78 Å². The summed E-state index contributed by atoms with van der Waals surface area (Å²) in [5.41, 5.74) is 2.32. The number of phenolic OH excluding ortho intramolecular Hbond substituents is 1. The maximum atomic E-state index is 13.1. The van der Waals surface area contributed by atoms with Gasteiger partial charge in [0, 0.05) is 30.1 Å². The Balaban J connectivity index is 1.63. The number of hydrogen-bond donors (Lipinski definition) is 3. The van der Waals surface area contributed by atoms with Crippen molar-refractivity contribution in [2.45, 2.75) is 13.5 Å². The van der Waals surface area contributed by atoms with Crippen molar-refractivity contribution in [3.63, 3.8) is 0 Å². The minimum absolute atomic E-state index is 0.0154. The third-order valence-corrected chi connectivity index (χ3v) is 5.45. The van der Waals surface area contributed by atoms with Crippen LogP contribution in [0.1, 0.15) is 38.8 Å². The number of rotatable bonds is 6. The van der Waals surface area contributed by atoms with Gasteiger partial charge in [0.25, 0.3) is 5.91 Å². The predicted molar refractivity (Wildman–Crippen MR) is 118 cm³/mol. The zero-order valence-corrected chi connectivity index (χ0v) is 17.4. The zero-order chi connectivity index (χ0) is 22.1. The summed E-state index contributed by atoms with van der Waals surface area (Å²) in [4.78, 5) is 27.0. The highest BCUT2D eigenvalue weighted by molar-refractivity contribution is 6.12. The highest BCUT2D eigenvalue weighted by atomic mass is 16.5. The number of fused-ring (bicyclic) bond motifs is 2. The second-order valence-electron chi connectivity index (χ2n) is 7.32. The molecule has 0 saturated heterocycles. The van der Waals surface area contributed by atoms with E-state index in [1.807, 2.05) is 19.1 Å². The number of carbonyl (C=O) groups excluding carboxylic acids is 2. The topological polar surface area (TPSA) is 103 Å². The maximum absolute atomic E-state index is 13.1. The minimum Gasteiger partial charge on any atom is -0.507 e. The van der Waals surface area contributed by atoms with Gasteiger partial charge in [0.2, 0.25) is 0 Å². The highest BCUT2D eigenvalue weighted by Gasteiger charge is 2.29. The van der Waals surface area contributed by atoms with Crippen LogP contribution in [-0.2, 0) is 6.54 Å². The number of amidine groups is 1. The van der Waals surface area contributed by atoms with Crippen LogP contribution in [0.2, 0.25) is 0 Å². The molecule has 31 heavy (non-hydrogen) atoms. The van der Waals surface area contributed by atoms with Gasteiger partial charge in [-0.15, -0.1) is 0 Å². The van der Waals surface area contributed by atoms with Gasteiger partial charge >= 0.3 is 0 Å². The molecule has 7 nitrogen and oxygen atoms in total. The van der Waals surface area contributed by atoms with Crippen LogP contribution in [0.4, 0.5) is 0 Å². The van der Waals surface area contributed by atoms with E-state index in [4.69, 9.17) is 10.1 Å². The molecule has 0 radical (unpaired) electrons. The smallest absolute Gasteiger partial charge is 0.254 e. The van der Waals surface area contributed by atoms with Gasteiger partial charge in [-0.3, -0.25) is 15.0 Å². The average molecular weight is 417 g/mol. The molecule has 1 heterocycles. The Hall–Kier alpha value is -3.87. The van der Waals surface area contributed by atoms with Crippen LogP contribution in [0.5, 0.6) is 11.5 Å². The fourth-order valence-corrected chi connectivity index (χ4v) is 3.94. The van der Waals surface area contributed by atoms with E-state index in [9.17, 15) is 14.7 Å². The molecule has 1 aliphatic rings. The number of nitrogens with zero attached hydrogens (tertiary/aromatic N) is 1. The molecule has 4 rings (SSSR count). The SMILES string of the molecule is CCOc1cc2c(cc1C(=O)NC)C(=N)N(CC(=O)c1ccc(O)c3ccccc13)C2. The number of hydrogen-bond acceptors (Lipinski definition) is 5. The lowest BCUT2D eigenvalue weighted by molar-refractivity contribution is 0.0953. The van der Waals surface area contributed by atoms with Crippen LogP contribution in [-0.4, -0.2) is 47.7 Å². The normalized spacial score (nSPS) is 12.7. The summed E-state index contributed by atoms with van der Waals surface area (Å²) in [7, 11) is 1.55. The molecular weight excluding hydrogens is 394 g/mol. The fourth-order valence-electron chi connectivity index (χ4n) is 3.94. The summed E-state index contributed by atoms with van der Waals surface area (Å²) in [5.74, 6) is 0.346. The molecule has 0 fully saturated rings. The van der Waals surface area contributed by atoms with E-state index < -0.39 is 0 Å². The first-order valence-corrected chi connectivity index (χ1v) is 10.0. The van der Waals surface area contributed by atoms with Gasteiger partial charge in [-0.25, -0.2) is 0 Å². The summed E-state index contributed by atoms with van der Waals surface area (Å²) in [6, 6.07) is 13.8. The Morgan fingerprint density at radius 3 is 2.58 bits per heavy atom. The highest BCUT2D eigenvalue weighted by Crippen LogP contribution is 2.32. The number of carbonyl (C=O) groups is 2. The number of nitrogens with one attached hydrogen (secondary N) is 2. The first kappa shape index (κ1) is 20.4. The monoisotopic (exact) mass is 417 g/mol. The molecular formula is C24H23N3O4. The fraction of sp³-hybridized carbons (Fsp3) is 0.208. The van der Waals surface area contributed by atoms with Crippen molar-refractivity contribution in [1.82, 2.24) is 10.2 Å². The quantitative estimate of drug-likeness (QED) is 0.534. The molecule has 0 atom stereocenters. The van der Waals surface area contributed by atoms with Gasteiger partial charge in [0.1, 0.15) is 17.3 Å². The van der Waals surface area contributed by atoms with Crippen molar-refractivity contribution < 1.29 is 19.4 Å². The second kappa shape index (κ2) is 8.10. The van der Waals surface area contributed by atoms with Gasteiger partial charge in [0.05, 0.1) is 18.7 Å². The molecule has 3 aromatic carbocycles. The number of benzene rings is 3. The van der Waals surface area contributed by atoms with E-state index in [1.54, 1.807) is 42.3 Å². The number of phenols is 1. The Kier molecular flexibility index (Phi) is 5.33. The largest absolute Gasteiger partial charge is 0.507 e. The molecule has 3 aromatic rings. The molecule has 0 aliphatic carbocycles. The molecule has 0 spiro atoms. The molecule has 1 aliphatic heterocycles. The van der Waals surface area contributed by atoms with E-state index in [2.05, 4.69) is 5.32 Å². The average Bonchev–Trinajstić information content (AvgIpc) is 3.07. The zero-order valence-electron chi connectivity index (χ0n) is 17.4. The lowest BCUT2D eigenvalue weighted by Gasteiger charge is -2.17. The van der Waals surface area contributed by atoms with E-state index in [-0.39, 0.29) is 29.8 Å². The molecule has 3 N–H and O–H groups in total. The van der Waals surface area contributed by atoms with Crippen molar-refractivity contribution in [3.05, 3.63) is 70.8 Å². The Labute approximate surface area is 179 Å². The van der Waals surface area contributed by atoms with Crippen molar-refractivity contribution in [2.75, 3.05) is 20.2 Å².